The summed E-state index contributed by atoms with van der Waals surface area (Å²) in [5.41, 5.74) is 2.35. The largest absolute Gasteiger partial charge is 0.466 e. The highest BCUT2D eigenvalue weighted by Gasteiger charge is 2.29. The van der Waals surface area contributed by atoms with Gasteiger partial charge in [0.25, 0.3) is 0 Å². The van der Waals surface area contributed by atoms with Gasteiger partial charge in [-0.15, -0.1) is 0 Å². The van der Waals surface area contributed by atoms with Crippen molar-refractivity contribution >= 4 is 11.9 Å². The van der Waals surface area contributed by atoms with Gasteiger partial charge in [0.1, 0.15) is 0 Å². The summed E-state index contributed by atoms with van der Waals surface area (Å²) in [5.74, 6) is -0.203. The second-order valence-corrected chi connectivity index (χ2v) is 5.95. The molecule has 1 fully saturated rings. The fourth-order valence-electron chi connectivity index (χ4n) is 3.07. The average Bonchev–Trinajstić information content (AvgIpc) is 2.84. The zero-order valence-corrected chi connectivity index (χ0v) is 13.8. The number of hydrogen-bond acceptors (Lipinski definition) is 3. The maximum Gasteiger partial charge on any atom is 0.310 e. The van der Waals surface area contributed by atoms with Crippen LogP contribution in [0.15, 0.2) is 12.1 Å². The Labute approximate surface area is 132 Å². The van der Waals surface area contributed by atoms with Crippen LogP contribution in [0.2, 0.25) is 0 Å². The van der Waals surface area contributed by atoms with Gasteiger partial charge in [0.05, 0.1) is 12.5 Å². The van der Waals surface area contributed by atoms with Crippen LogP contribution in [0.1, 0.15) is 37.6 Å². The zero-order valence-electron chi connectivity index (χ0n) is 13.8. The second kappa shape index (κ2) is 7.47. The molecule has 1 aromatic heterocycles. The fourth-order valence-corrected chi connectivity index (χ4v) is 3.07. The quantitative estimate of drug-likeness (QED) is 0.784. The molecule has 1 saturated heterocycles. The number of rotatable bonds is 5. The monoisotopic (exact) mass is 306 g/mol. The van der Waals surface area contributed by atoms with Crippen LogP contribution >= 0.6 is 0 Å². The van der Waals surface area contributed by atoms with Crippen molar-refractivity contribution in [3.63, 3.8) is 0 Å². The van der Waals surface area contributed by atoms with Crippen molar-refractivity contribution in [1.82, 2.24) is 9.47 Å². The first kappa shape index (κ1) is 16.6. The van der Waals surface area contributed by atoms with Gasteiger partial charge in [-0.2, -0.15) is 0 Å². The number of aromatic nitrogens is 1. The first-order valence-corrected chi connectivity index (χ1v) is 8.10. The number of ether oxygens (including phenoxy) is 1. The molecule has 22 heavy (non-hydrogen) atoms. The van der Waals surface area contributed by atoms with Gasteiger partial charge in [0.15, 0.2) is 0 Å². The van der Waals surface area contributed by atoms with Crippen LogP contribution in [0.3, 0.4) is 0 Å². The summed E-state index contributed by atoms with van der Waals surface area (Å²) < 4.78 is 7.24. The Morgan fingerprint density at radius 3 is 2.59 bits per heavy atom. The van der Waals surface area contributed by atoms with Gasteiger partial charge in [-0.25, -0.2) is 0 Å². The van der Waals surface area contributed by atoms with E-state index in [4.69, 9.17) is 4.74 Å². The van der Waals surface area contributed by atoms with Crippen LogP contribution in [0, 0.1) is 19.8 Å². The molecule has 0 radical (unpaired) electrons. The number of esters is 1. The predicted octanol–water partition coefficient (Wildman–Crippen LogP) is 2.30. The van der Waals surface area contributed by atoms with E-state index in [0.29, 0.717) is 26.1 Å². The average molecular weight is 306 g/mol. The number of carbonyl (C=O) groups is 2. The lowest BCUT2D eigenvalue weighted by molar-refractivity contribution is -0.151. The third kappa shape index (κ3) is 3.90. The summed E-state index contributed by atoms with van der Waals surface area (Å²) >= 11 is 0. The molecule has 1 unspecified atom stereocenters. The molecule has 1 aliphatic heterocycles. The van der Waals surface area contributed by atoms with E-state index in [1.165, 1.54) is 11.4 Å². The Morgan fingerprint density at radius 1 is 1.27 bits per heavy atom. The molecule has 1 amide bonds. The SMILES string of the molecule is CCOC(=O)C1CCCN(C(=O)CCn2c(C)ccc2C)C1. The molecule has 2 rings (SSSR count). The first-order chi connectivity index (χ1) is 10.5. The molecule has 0 saturated carbocycles. The molecule has 1 aromatic rings. The third-order valence-corrected chi connectivity index (χ3v) is 4.36. The van der Waals surface area contributed by atoms with Crippen molar-refractivity contribution in [2.75, 3.05) is 19.7 Å². The van der Waals surface area contributed by atoms with Gasteiger partial charge in [-0.3, -0.25) is 9.59 Å². The number of aryl methyl sites for hydroxylation is 2. The third-order valence-electron chi connectivity index (χ3n) is 4.36. The summed E-state index contributed by atoms with van der Waals surface area (Å²) in [6, 6.07) is 4.13. The fraction of sp³-hybridized carbons (Fsp3) is 0.647. The van der Waals surface area contributed by atoms with Gasteiger partial charge in [0, 0.05) is 37.4 Å². The van der Waals surface area contributed by atoms with E-state index >= 15 is 0 Å². The van der Waals surface area contributed by atoms with E-state index in [-0.39, 0.29) is 17.8 Å². The first-order valence-electron chi connectivity index (χ1n) is 8.10. The molecule has 0 aromatic carbocycles. The molecule has 122 valence electrons. The summed E-state index contributed by atoms with van der Waals surface area (Å²) in [5, 5.41) is 0. The lowest BCUT2D eigenvalue weighted by atomic mass is 9.98. The van der Waals surface area contributed by atoms with Gasteiger partial charge in [-0.05, 0) is 45.7 Å². The van der Waals surface area contributed by atoms with E-state index < -0.39 is 0 Å². The van der Waals surface area contributed by atoms with Crippen molar-refractivity contribution in [2.45, 2.75) is 46.6 Å². The van der Waals surface area contributed by atoms with Gasteiger partial charge < -0.3 is 14.2 Å². The smallest absolute Gasteiger partial charge is 0.310 e. The standard InChI is InChI=1S/C17H26N2O3/c1-4-22-17(21)15-6-5-10-18(12-15)16(20)9-11-19-13(2)7-8-14(19)3/h7-8,15H,4-6,9-12H2,1-3H3. The van der Waals surface area contributed by atoms with Crippen LogP contribution in [-0.2, 0) is 20.9 Å². The van der Waals surface area contributed by atoms with Crippen molar-refractivity contribution in [1.29, 1.82) is 0 Å². The predicted molar refractivity (Wildman–Crippen MR) is 84.5 cm³/mol. The normalized spacial score (nSPS) is 18.3. The number of likely N-dealkylation sites (tertiary alicyclic amines) is 1. The highest BCUT2D eigenvalue weighted by Crippen LogP contribution is 2.19. The number of hydrogen-bond donors (Lipinski definition) is 0. The Kier molecular flexibility index (Phi) is 5.63. The van der Waals surface area contributed by atoms with Crippen LogP contribution in [0.5, 0.6) is 0 Å². The van der Waals surface area contributed by atoms with Gasteiger partial charge >= 0.3 is 5.97 Å². The second-order valence-electron chi connectivity index (χ2n) is 5.95. The Morgan fingerprint density at radius 2 is 1.95 bits per heavy atom. The number of nitrogens with zero attached hydrogens (tertiary/aromatic N) is 2. The molecule has 0 N–H and O–H groups in total. The molecule has 5 nitrogen and oxygen atoms in total. The van der Waals surface area contributed by atoms with Gasteiger partial charge in [-0.1, -0.05) is 0 Å². The van der Waals surface area contributed by atoms with Crippen LogP contribution in [0.4, 0.5) is 0 Å². The molecular weight excluding hydrogens is 280 g/mol. The maximum atomic E-state index is 12.4. The maximum absolute atomic E-state index is 12.4. The molecule has 2 heterocycles. The molecule has 1 atom stereocenters. The molecule has 0 spiro atoms. The van der Waals surface area contributed by atoms with Gasteiger partial charge in [0.2, 0.25) is 5.91 Å². The lowest BCUT2D eigenvalue weighted by Crippen LogP contribution is -2.43. The Bertz CT molecular complexity index is 517. The van der Waals surface area contributed by atoms with Crippen LogP contribution in [-0.4, -0.2) is 41.0 Å². The van der Waals surface area contributed by atoms with E-state index in [0.717, 1.165) is 19.4 Å². The Balaban J connectivity index is 1.88. The highest BCUT2D eigenvalue weighted by molar-refractivity contribution is 5.78. The van der Waals surface area contributed by atoms with Crippen molar-refractivity contribution in [3.8, 4) is 0 Å². The molecular formula is C17H26N2O3. The minimum absolute atomic E-state index is 0.126. The summed E-state index contributed by atoms with van der Waals surface area (Å²) in [4.78, 5) is 26.1. The number of piperidine rings is 1. The van der Waals surface area contributed by atoms with E-state index in [1.54, 1.807) is 0 Å². The van der Waals surface area contributed by atoms with E-state index in [1.807, 2.05) is 11.8 Å². The van der Waals surface area contributed by atoms with Crippen LogP contribution in [0.25, 0.3) is 0 Å². The minimum atomic E-state index is -0.169. The Hall–Kier alpha value is -1.78. The molecule has 5 heteroatoms. The van der Waals surface area contributed by atoms with Crippen LogP contribution < -0.4 is 0 Å². The van der Waals surface area contributed by atoms with Crippen molar-refractivity contribution in [2.24, 2.45) is 5.92 Å². The van der Waals surface area contributed by atoms with E-state index in [9.17, 15) is 9.59 Å². The minimum Gasteiger partial charge on any atom is -0.466 e. The lowest BCUT2D eigenvalue weighted by Gasteiger charge is -2.31. The molecule has 0 aliphatic carbocycles. The number of amides is 1. The van der Waals surface area contributed by atoms with Crippen molar-refractivity contribution < 1.29 is 14.3 Å². The number of carbonyl (C=O) groups excluding carboxylic acids is 2. The molecule has 1 aliphatic rings. The highest BCUT2D eigenvalue weighted by atomic mass is 16.5. The summed E-state index contributed by atoms with van der Waals surface area (Å²) in [7, 11) is 0. The van der Waals surface area contributed by atoms with E-state index in [2.05, 4.69) is 30.5 Å². The topological polar surface area (TPSA) is 51.5 Å². The summed E-state index contributed by atoms with van der Waals surface area (Å²) in [6.45, 7) is 8.26. The van der Waals surface area contributed by atoms with Crippen molar-refractivity contribution in [3.05, 3.63) is 23.5 Å². The molecule has 0 bridgehead atoms. The summed E-state index contributed by atoms with van der Waals surface area (Å²) in [6.07, 6.45) is 2.17. The zero-order chi connectivity index (χ0) is 16.1.